The first-order chi connectivity index (χ1) is 12.2. The van der Waals surface area contributed by atoms with E-state index in [1.54, 1.807) is 6.07 Å². The van der Waals surface area contributed by atoms with Gasteiger partial charge in [-0.2, -0.15) is 13.2 Å². The molecular weight excluding hydrogens is 369 g/mol. The van der Waals surface area contributed by atoms with Gasteiger partial charge in [0, 0.05) is 25.2 Å². The number of carbonyl (C=O) groups excluding carboxylic acids is 2. The average Bonchev–Trinajstić information content (AvgIpc) is 2.60. The number of nitrogens with one attached hydrogen (secondary N) is 1. The topological polar surface area (TPSA) is 81.4 Å². The first-order valence-electron chi connectivity index (χ1n) is 8.11. The molecule has 3 N–H and O–H groups in total. The van der Waals surface area contributed by atoms with Crippen LogP contribution in [0.4, 0.5) is 13.2 Å². The van der Waals surface area contributed by atoms with Gasteiger partial charge in [-0.3, -0.25) is 9.59 Å². The van der Waals surface area contributed by atoms with Gasteiger partial charge in [0.1, 0.15) is 0 Å². The Morgan fingerprint density at radius 1 is 1.23 bits per heavy atom. The van der Waals surface area contributed by atoms with Crippen LogP contribution in [0.5, 0.6) is 0 Å². The predicted molar refractivity (Wildman–Crippen MR) is 92.7 cm³/mol. The number of hydrogen-bond donors (Lipinski definition) is 2. The van der Waals surface area contributed by atoms with Crippen molar-refractivity contribution < 1.29 is 27.5 Å². The lowest BCUT2D eigenvalue weighted by molar-refractivity contribution is -0.137. The minimum absolute atomic E-state index is 0.0417. The molecule has 2 amide bonds. The molecule has 0 aliphatic carbocycles. The largest absolute Gasteiger partial charge is 0.416 e. The molecule has 0 bridgehead atoms. The maximum absolute atomic E-state index is 13.0. The quantitative estimate of drug-likeness (QED) is 0.747. The summed E-state index contributed by atoms with van der Waals surface area (Å²) in [4.78, 5) is 22.7. The van der Waals surface area contributed by atoms with Crippen molar-refractivity contribution in [3.63, 3.8) is 0 Å². The normalized spacial score (nSPS) is 16.9. The Kier molecular flexibility index (Phi) is 6.94. The molecule has 0 spiro atoms. The van der Waals surface area contributed by atoms with E-state index in [1.165, 1.54) is 6.07 Å². The molecule has 9 heteroatoms. The highest BCUT2D eigenvalue weighted by Crippen LogP contribution is 2.37. The molecule has 0 radical (unpaired) electrons. The number of nitrogens with two attached hydrogens (primary N) is 1. The molecule has 1 saturated heterocycles. The molecule has 1 aliphatic heterocycles. The standard InChI is InChI=1S/C17H21F3N2O3S/c18-17(19,20)13-3-1-2-12(8-13)16(4-6-25-7-5-16)11-22-15(24)10-26-9-14(21)23/h1-3,8H,4-7,9-11H2,(H2,21,23)(H,22,24). The minimum atomic E-state index is -4.42. The number of ether oxygens (including phenoxy) is 1. The SMILES string of the molecule is NC(=O)CSCC(=O)NCC1(c2cccc(C(F)(F)F)c2)CCOCC1. The summed E-state index contributed by atoms with van der Waals surface area (Å²) < 4.78 is 44.5. The summed E-state index contributed by atoms with van der Waals surface area (Å²) >= 11 is 1.10. The fraction of sp³-hybridized carbons (Fsp3) is 0.529. The van der Waals surface area contributed by atoms with E-state index in [0.717, 1.165) is 23.9 Å². The van der Waals surface area contributed by atoms with E-state index in [2.05, 4.69) is 5.32 Å². The number of amides is 2. The van der Waals surface area contributed by atoms with Gasteiger partial charge in [0.2, 0.25) is 11.8 Å². The van der Waals surface area contributed by atoms with Gasteiger partial charge in [0.05, 0.1) is 17.1 Å². The molecule has 1 aromatic rings. The lowest BCUT2D eigenvalue weighted by Crippen LogP contribution is -2.45. The highest BCUT2D eigenvalue weighted by Gasteiger charge is 2.37. The third kappa shape index (κ3) is 5.63. The van der Waals surface area contributed by atoms with Crippen LogP contribution < -0.4 is 11.1 Å². The van der Waals surface area contributed by atoms with Crippen LogP contribution in [0.2, 0.25) is 0 Å². The third-order valence-electron chi connectivity index (χ3n) is 4.35. The smallest absolute Gasteiger partial charge is 0.381 e. The Bertz CT molecular complexity index is 646. The summed E-state index contributed by atoms with van der Waals surface area (Å²) in [5.41, 5.74) is 4.25. The second-order valence-corrected chi connectivity index (χ2v) is 7.19. The van der Waals surface area contributed by atoms with Crippen molar-refractivity contribution >= 4 is 23.6 Å². The Labute approximate surface area is 153 Å². The van der Waals surface area contributed by atoms with Crippen molar-refractivity contribution in [2.75, 3.05) is 31.3 Å². The first kappa shape index (κ1) is 20.6. The van der Waals surface area contributed by atoms with Crippen molar-refractivity contribution in [3.05, 3.63) is 35.4 Å². The van der Waals surface area contributed by atoms with Crippen molar-refractivity contribution in [1.82, 2.24) is 5.32 Å². The zero-order valence-electron chi connectivity index (χ0n) is 14.1. The molecule has 0 atom stereocenters. The van der Waals surface area contributed by atoms with Gasteiger partial charge in [-0.1, -0.05) is 18.2 Å². The molecule has 2 rings (SSSR count). The molecule has 1 fully saturated rings. The molecule has 5 nitrogen and oxygen atoms in total. The van der Waals surface area contributed by atoms with Crippen LogP contribution in [0, 0.1) is 0 Å². The Hall–Kier alpha value is -1.74. The lowest BCUT2D eigenvalue weighted by atomic mass is 9.73. The summed E-state index contributed by atoms with van der Waals surface area (Å²) in [5.74, 6) is -0.681. The third-order valence-corrected chi connectivity index (χ3v) is 5.31. The van der Waals surface area contributed by atoms with Crippen LogP contribution in [-0.4, -0.2) is 43.1 Å². The molecule has 0 saturated carbocycles. The lowest BCUT2D eigenvalue weighted by Gasteiger charge is -2.38. The van der Waals surface area contributed by atoms with E-state index in [4.69, 9.17) is 10.5 Å². The number of halogens is 3. The number of alkyl halides is 3. The van der Waals surface area contributed by atoms with Crippen molar-refractivity contribution in [1.29, 1.82) is 0 Å². The molecule has 1 heterocycles. The van der Waals surface area contributed by atoms with Gasteiger partial charge in [0.15, 0.2) is 0 Å². The molecule has 144 valence electrons. The predicted octanol–water partition coefficient (Wildman–Crippen LogP) is 2.09. The Morgan fingerprint density at radius 3 is 2.54 bits per heavy atom. The van der Waals surface area contributed by atoms with Crippen LogP contribution >= 0.6 is 11.8 Å². The van der Waals surface area contributed by atoms with E-state index in [1.807, 2.05) is 0 Å². The van der Waals surface area contributed by atoms with Gasteiger partial charge in [-0.15, -0.1) is 11.8 Å². The summed E-state index contributed by atoms with van der Waals surface area (Å²) in [7, 11) is 0. The fourth-order valence-electron chi connectivity index (χ4n) is 2.92. The highest BCUT2D eigenvalue weighted by molar-refractivity contribution is 8.00. The fourth-order valence-corrected chi connectivity index (χ4v) is 3.51. The van der Waals surface area contributed by atoms with E-state index in [0.29, 0.717) is 31.6 Å². The van der Waals surface area contributed by atoms with Crippen molar-refractivity contribution in [3.8, 4) is 0 Å². The van der Waals surface area contributed by atoms with Crippen molar-refractivity contribution in [2.45, 2.75) is 24.4 Å². The number of hydrogen-bond acceptors (Lipinski definition) is 4. The van der Waals surface area contributed by atoms with Crippen LogP contribution in [0.1, 0.15) is 24.0 Å². The second-order valence-electron chi connectivity index (χ2n) is 6.21. The molecule has 0 aromatic heterocycles. The first-order valence-corrected chi connectivity index (χ1v) is 9.27. The summed E-state index contributed by atoms with van der Waals surface area (Å²) in [5, 5.41) is 2.77. The Balaban J connectivity index is 2.11. The van der Waals surface area contributed by atoms with Gasteiger partial charge < -0.3 is 15.8 Å². The Morgan fingerprint density at radius 2 is 1.92 bits per heavy atom. The number of primary amides is 1. The summed E-state index contributed by atoms with van der Waals surface area (Å²) in [6.07, 6.45) is -3.39. The molecular formula is C17H21F3N2O3S. The zero-order chi connectivity index (χ0) is 19.2. The van der Waals surface area contributed by atoms with Gasteiger partial charge in [-0.05, 0) is 24.5 Å². The van der Waals surface area contributed by atoms with Crippen LogP contribution in [0.25, 0.3) is 0 Å². The maximum atomic E-state index is 13.0. The average molecular weight is 390 g/mol. The van der Waals surface area contributed by atoms with E-state index >= 15 is 0 Å². The molecule has 1 aliphatic rings. The van der Waals surface area contributed by atoms with Gasteiger partial charge in [0.25, 0.3) is 0 Å². The number of rotatable bonds is 7. The summed E-state index contributed by atoms with van der Waals surface area (Å²) in [6, 6.07) is 5.24. The maximum Gasteiger partial charge on any atom is 0.416 e. The van der Waals surface area contributed by atoms with Crippen LogP contribution in [-0.2, 0) is 25.9 Å². The number of thioether (sulfide) groups is 1. The van der Waals surface area contributed by atoms with E-state index in [9.17, 15) is 22.8 Å². The van der Waals surface area contributed by atoms with Crippen LogP contribution in [0.15, 0.2) is 24.3 Å². The molecule has 26 heavy (non-hydrogen) atoms. The number of benzene rings is 1. The summed E-state index contributed by atoms with van der Waals surface area (Å²) in [6.45, 7) is 1.05. The van der Waals surface area contributed by atoms with Gasteiger partial charge >= 0.3 is 6.18 Å². The second kappa shape index (κ2) is 8.77. The van der Waals surface area contributed by atoms with Crippen LogP contribution in [0.3, 0.4) is 0 Å². The van der Waals surface area contributed by atoms with E-state index in [-0.39, 0.29) is 24.0 Å². The zero-order valence-corrected chi connectivity index (χ0v) is 14.9. The monoisotopic (exact) mass is 390 g/mol. The molecule has 1 aromatic carbocycles. The highest BCUT2D eigenvalue weighted by atomic mass is 32.2. The number of carbonyl (C=O) groups is 2. The van der Waals surface area contributed by atoms with E-state index < -0.39 is 23.1 Å². The van der Waals surface area contributed by atoms with Gasteiger partial charge in [-0.25, -0.2) is 0 Å². The molecule has 0 unspecified atom stereocenters. The van der Waals surface area contributed by atoms with Crippen molar-refractivity contribution in [2.24, 2.45) is 5.73 Å². The minimum Gasteiger partial charge on any atom is -0.381 e.